The van der Waals surface area contributed by atoms with Crippen molar-refractivity contribution < 1.29 is 14.9 Å². The molecule has 0 fully saturated rings. The predicted molar refractivity (Wildman–Crippen MR) is 65.8 cm³/mol. The van der Waals surface area contributed by atoms with E-state index in [1.165, 1.54) is 5.01 Å². The molecule has 6 nitrogen and oxygen atoms in total. The minimum atomic E-state index is -0.266. The molecule has 0 saturated carbocycles. The molecule has 1 atom stereocenters. The van der Waals surface area contributed by atoms with Crippen molar-refractivity contribution in [2.24, 2.45) is 0 Å². The average molecular weight is 248 g/mol. The van der Waals surface area contributed by atoms with E-state index in [0.29, 0.717) is 4.98 Å². The lowest BCUT2D eigenvalue weighted by molar-refractivity contribution is -0.797. The summed E-state index contributed by atoms with van der Waals surface area (Å²) in [5.74, 6) is 0. The van der Waals surface area contributed by atoms with Crippen LogP contribution in [0, 0.1) is 4.91 Å². The van der Waals surface area contributed by atoms with Crippen molar-refractivity contribution in [3.8, 4) is 0 Å². The highest BCUT2D eigenvalue weighted by Gasteiger charge is 2.30. The molecule has 0 bridgehead atoms. The van der Waals surface area contributed by atoms with Crippen LogP contribution in [-0.2, 0) is 4.84 Å². The maximum atomic E-state index is 11.6. The zero-order chi connectivity index (χ0) is 13.5. The Balaban J connectivity index is 3.84. The Bertz CT molecular complexity index is 228. The van der Waals surface area contributed by atoms with Crippen LogP contribution in [0.25, 0.3) is 0 Å². The number of nitrogens with one attached hydrogen (secondary N) is 1. The van der Waals surface area contributed by atoms with Crippen LogP contribution in [0.2, 0.25) is 0 Å². The smallest absolute Gasteiger partial charge is 0.274 e. The van der Waals surface area contributed by atoms with Gasteiger partial charge in [-0.05, 0) is 47.0 Å². The highest BCUT2D eigenvalue weighted by Crippen LogP contribution is 2.09. The molecule has 0 spiro atoms. The summed E-state index contributed by atoms with van der Waals surface area (Å²) in [5.41, 5.74) is 2.09. The number of nitrogens with zero attached hydrogens (tertiary/aromatic N) is 2. The molecule has 6 heteroatoms. The molecule has 1 unspecified atom stereocenters. The Hall–Kier alpha value is -0.880. The van der Waals surface area contributed by atoms with E-state index in [1.54, 1.807) is 7.05 Å². The molecule has 102 valence electrons. The van der Waals surface area contributed by atoms with Gasteiger partial charge in [-0.25, -0.2) is 4.84 Å². The molecule has 2 N–H and O–H groups in total. The Morgan fingerprint density at radius 3 is 2.47 bits per heavy atom. The van der Waals surface area contributed by atoms with Crippen molar-refractivity contribution in [1.29, 1.82) is 0 Å². The van der Waals surface area contributed by atoms with Crippen molar-refractivity contribution in [3.63, 3.8) is 0 Å². The summed E-state index contributed by atoms with van der Waals surface area (Å²) >= 11 is 0. The molecule has 0 aromatic heterocycles. The number of hydrogen-bond donors (Lipinski definition) is 2. The van der Waals surface area contributed by atoms with E-state index in [2.05, 4.69) is 5.59 Å². The lowest BCUT2D eigenvalue weighted by Crippen LogP contribution is -2.50. The number of rotatable bonds is 8. The summed E-state index contributed by atoms with van der Waals surface area (Å²) in [6.07, 6.45) is 2.39. The molecule has 0 aliphatic heterocycles. The van der Waals surface area contributed by atoms with Crippen LogP contribution >= 0.6 is 0 Å². The van der Waals surface area contributed by atoms with Crippen molar-refractivity contribution in [1.82, 2.24) is 10.6 Å². The van der Waals surface area contributed by atoms with Crippen LogP contribution < -0.4 is 5.59 Å². The topological polar surface area (TPSA) is 64.8 Å². The largest absolute Gasteiger partial charge is 0.396 e. The number of aliphatic hydroxyl groups excluding tert-OH is 1. The zero-order valence-corrected chi connectivity index (χ0v) is 11.6. The fourth-order valence-corrected chi connectivity index (χ4v) is 1.07. The first kappa shape index (κ1) is 16.1. The maximum absolute atomic E-state index is 11.6. The number of hydrogen-bond acceptors (Lipinski definition) is 3. The van der Waals surface area contributed by atoms with Gasteiger partial charge < -0.3 is 5.11 Å². The van der Waals surface area contributed by atoms with Gasteiger partial charge in [0.15, 0.2) is 0 Å². The molecule has 0 saturated heterocycles. The summed E-state index contributed by atoms with van der Waals surface area (Å²) in [6, 6.07) is 0. The lowest BCUT2D eigenvalue weighted by atomic mass is 10.1. The monoisotopic (exact) mass is 248 g/mol. The summed E-state index contributed by atoms with van der Waals surface area (Å²) < 4.78 is 0. The van der Waals surface area contributed by atoms with Crippen molar-refractivity contribution in [3.05, 3.63) is 4.91 Å². The van der Waals surface area contributed by atoms with Crippen LogP contribution in [0.4, 0.5) is 0 Å². The van der Waals surface area contributed by atoms with Crippen LogP contribution in [0.1, 0.15) is 47.0 Å². The third-order valence-corrected chi connectivity index (χ3v) is 2.59. The van der Waals surface area contributed by atoms with Crippen LogP contribution in [0.3, 0.4) is 0 Å². The van der Waals surface area contributed by atoms with Gasteiger partial charge in [0.2, 0.25) is 0 Å². The first-order valence-corrected chi connectivity index (χ1v) is 6.02. The number of aliphatic hydroxyl groups is 1. The molecular formula is C11H26N3O3+. The molecule has 0 heterocycles. The van der Waals surface area contributed by atoms with E-state index in [1.807, 2.05) is 27.7 Å². The average Bonchev–Trinajstić information content (AvgIpc) is 2.24. The quantitative estimate of drug-likeness (QED) is 0.386. The zero-order valence-electron chi connectivity index (χ0n) is 11.6. The minimum absolute atomic E-state index is 0.0635. The Labute approximate surface area is 103 Å². The molecule has 0 amide bonds. The number of unbranched alkanes of at least 4 members (excludes halogenated alkanes) is 1. The van der Waals surface area contributed by atoms with Gasteiger partial charge in [-0.3, -0.25) is 0 Å². The van der Waals surface area contributed by atoms with E-state index in [0.717, 1.165) is 19.3 Å². The van der Waals surface area contributed by atoms with Gasteiger partial charge in [0.05, 0.1) is 23.6 Å². The van der Waals surface area contributed by atoms with Crippen LogP contribution in [-0.4, -0.2) is 40.4 Å². The van der Waals surface area contributed by atoms with E-state index in [4.69, 9.17) is 9.94 Å². The molecular weight excluding hydrogens is 222 g/mol. The maximum Gasteiger partial charge on any atom is 0.274 e. The Morgan fingerprint density at radius 2 is 2.00 bits per heavy atom. The minimum Gasteiger partial charge on any atom is -0.396 e. The number of nitroso groups, excluding NO2 is 1. The summed E-state index contributed by atoms with van der Waals surface area (Å²) in [5, 5.41) is 10.1. The third-order valence-electron chi connectivity index (χ3n) is 2.59. The molecule has 0 aromatic carbocycles. The van der Waals surface area contributed by atoms with Gasteiger partial charge in [-0.2, -0.15) is 0 Å². The SMILES string of the molecule is CC(CCCCO)ON[N+](=O)N(C)C(C)(C)C. The first-order chi connectivity index (χ1) is 7.79. The number of hydrazine groups is 2. The molecule has 17 heavy (non-hydrogen) atoms. The van der Waals surface area contributed by atoms with Gasteiger partial charge in [0.25, 0.3) is 4.98 Å². The first-order valence-electron chi connectivity index (χ1n) is 6.02. The standard InChI is InChI=1S/C11H26N3O3/c1-10(8-6-7-9-15)17-12-14(16)13(5)11(2,3)4/h10,15H,6-9H2,1-5H3,(H,12,16)/q+1. The van der Waals surface area contributed by atoms with Crippen molar-refractivity contribution in [2.45, 2.75) is 58.6 Å². The highest BCUT2D eigenvalue weighted by atomic mass is 16.7. The Kier molecular flexibility index (Phi) is 7.06. The Morgan fingerprint density at radius 1 is 1.41 bits per heavy atom. The van der Waals surface area contributed by atoms with E-state index < -0.39 is 0 Å². The second-order valence-corrected chi connectivity index (χ2v) is 5.21. The third kappa shape index (κ3) is 7.12. The fourth-order valence-electron chi connectivity index (χ4n) is 1.07. The van der Waals surface area contributed by atoms with E-state index >= 15 is 0 Å². The van der Waals surface area contributed by atoms with Crippen molar-refractivity contribution in [2.75, 3.05) is 13.7 Å². The normalized spacial score (nSPS) is 13.3. The van der Waals surface area contributed by atoms with Gasteiger partial charge >= 0.3 is 0 Å². The van der Waals surface area contributed by atoms with Crippen molar-refractivity contribution >= 4 is 0 Å². The molecule has 0 radical (unpaired) electrons. The van der Waals surface area contributed by atoms with Gasteiger partial charge in [-0.15, -0.1) is 5.01 Å². The molecule has 0 rings (SSSR count). The van der Waals surface area contributed by atoms with Gasteiger partial charge in [0, 0.05) is 12.2 Å². The highest BCUT2D eigenvalue weighted by molar-refractivity contribution is 4.64. The second kappa shape index (κ2) is 7.45. The van der Waals surface area contributed by atoms with Crippen LogP contribution in [0.15, 0.2) is 0 Å². The van der Waals surface area contributed by atoms with Gasteiger partial charge in [-0.1, -0.05) is 0 Å². The summed E-state index contributed by atoms with van der Waals surface area (Å²) in [6.45, 7) is 7.88. The molecule has 0 aliphatic rings. The van der Waals surface area contributed by atoms with E-state index in [9.17, 15) is 4.91 Å². The van der Waals surface area contributed by atoms with Crippen LogP contribution in [0.5, 0.6) is 0 Å². The summed E-state index contributed by atoms with van der Waals surface area (Å²) in [4.78, 5) is 17.4. The molecule has 0 aliphatic carbocycles. The molecule has 0 aromatic rings. The predicted octanol–water partition coefficient (Wildman–Crippen LogP) is 1.40. The van der Waals surface area contributed by atoms with Gasteiger partial charge in [0.1, 0.15) is 0 Å². The fraction of sp³-hybridized carbons (Fsp3) is 1.00. The lowest BCUT2D eigenvalue weighted by Gasteiger charge is -2.23. The summed E-state index contributed by atoms with van der Waals surface area (Å²) in [7, 11) is 1.69. The van der Waals surface area contributed by atoms with E-state index in [-0.39, 0.29) is 18.2 Å². The second-order valence-electron chi connectivity index (χ2n) is 5.21.